The lowest BCUT2D eigenvalue weighted by atomic mass is 9.95. The predicted molar refractivity (Wildman–Crippen MR) is 149 cm³/mol. The lowest BCUT2D eigenvalue weighted by Gasteiger charge is -2.23. The summed E-state index contributed by atoms with van der Waals surface area (Å²) in [5.41, 5.74) is 1.67. The molecule has 9 heteroatoms. The van der Waals surface area contributed by atoms with Gasteiger partial charge in [-0.2, -0.15) is 0 Å². The topological polar surface area (TPSA) is 89.0 Å². The summed E-state index contributed by atoms with van der Waals surface area (Å²) in [4.78, 5) is 32.9. The maximum atomic E-state index is 13.5. The number of ether oxygens (including phenoxy) is 2. The Morgan fingerprint density at radius 1 is 1.05 bits per heavy atom. The first-order valence-electron chi connectivity index (χ1n) is 12.2. The summed E-state index contributed by atoms with van der Waals surface area (Å²) in [7, 11) is 1.58. The second-order valence-corrected chi connectivity index (χ2v) is 10.2. The highest BCUT2D eigenvalue weighted by molar-refractivity contribution is 7.22. The summed E-state index contributed by atoms with van der Waals surface area (Å²) in [6.45, 7) is 2.69. The number of unbranched alkanes of at least 4 members (excludes halogenated alkanes) is 1. The second kappa shape index (κ2) is 10.8. The van der Waals surface area contributed by atoms with Crippen LogP contribution in [-0.2, 0) is 9.59 Å². The van der Waals surface area contributed by atoms with Gasteiger partial charge in [-0.3, -0.25) is 14.5 Å². The molecule has 0 spiro atoms. The Bertz CT molecular complexity index is 1530. The first-order chi connectivity index (χ1) is 18.4. The molecule has 1 fully saturated rings. The second-order valence-electron chi connectivity index (χ2n) is 8.78. The maximum Gasteiger partial charge on any atom is 0.301 e. The number of halogens is 1. The van der Waals surface area contributed by atoms with Crippen molar-refractivity contribution in [2.24, 2.45) is 0 Å². The number of anilines is 1. The zero-order valence-electron chi connectivity index (χ0n) is 20.8. The molecule has 1 aliphatic rings. The van der Waals surface area contributed by atoms with Crippen LogP contribution in [0.2, 0.25) is 5.02 Å². The molecule has 1 unspecified atom stereocenters. The Balaban J connectivity index is 1.63. The van der Waals surface area contributed by atoms with Crippen LogP contribution in [0.4, 0.5) is 5.13 Å². The van der Waals surface area contributed by atoms with Crippen LogP contribution in [0.15, 0.2) is 72.3 Å². The fourth-order valence-electron chi connectivity index (χ4n) is 4.31. The summed E-state index contributed by atoms with van der Waals surface area (Å²) in [6, 6.07) is 18.2. The number of Topliss-reactive ketones (excluding diaryl/α,β-unsaturated/α-hetero) is 1. The molecule has 0 aliphatic carbocycles. The van der Waals surface area contributed by atoms with E-state index < -0.39 is 17.7 Å². The number of rotatable bonds is 8. The molecule has 2 heterocycles. The zero-order chi connectivity index (χ0) is 26.8. The summed E-state index contributed by atoms with van der Waals surface area (Å²) in [6.07, 6.45) is 1.96. The Labute approximate surface area is 228 Å². The van der Waals surface area contributed by atoms with E-state index in [4.69, 9.17) is 21.1 Å². The number of aromatic nitrogens is 1. The number of hydrogen-bond donors (Lipinski definition) is 1. The van der Waals surface area contributed by atoms with Crippen molar-refractivity contribution in [3.63, 3.8) is 0 Å². The molecule has 4 aromatic rings. The van der Waals surface area contributed by atoms with Crippen LogP contribution in [0.3, 0.4) is 0 Å². The number of thiazole rings is 1. The third kappa shape index (κ3) is 4.85. The van der Waals surface area contributed by atoms with Crippen molar-refractivity contribution in [1.29, 1.82) is 0 Å². The third-order valence-corrected chi connectivity index (χ3v) is 7.58. The van der Waals surface area contributed by atoms with Crippen molar-refractivity contribution in [3.05, 3.63) is 88.5 Å². The van der Waals surface area contributed by atoms with Crippen molar-refractivity contribution in [1.82, 2.24) is 4.98 Å². The molecular weight excluding hydrogens is 524 g/mol. The van der Waals surface area contributed by atoms with E-state index in [1.165, 1.54) is 16.2 Å². The number of benzene rings is 3. The van der Waals surface area contributed by atoms with Crippen LogP contribution < -0.4 is 14.4 Å². The number of hydrogen-bond acceptors (Lipinski definition) is 7. The first kappa shape index (κ1) is 25.8. The Hall–Kier alpha value is -3.88. The average molecular weight is 549 g/mol. The van der Waals surface area contributed by atoms with Crippen LogP contribution >= 0.6 is 22.9 Å². The molecular formula is C29H25ClN2O5S. The lowest BCUT2D eigenvalue weighted by Crippen LogP contribution is -2.29. The van der Waals surface area contributed by atoms with E-state index in [0.717, 1.165) is 17.5 Å². The molecule has 0 radical (unpaired) electrons. The summed E-state index contributed by atoms with van der Waals surface area (Å²) in [5.74, 6) is -0.488. The SMILES string of the molecule is CCCCOc1ccc(C2C(=C(O)c3ccc(Cl)cc3)C(=O)C(=O)N2c2nc3ccc(OC)cc3s2)cc1. The Kier molecular flexibility index (Phi) is 7.35. The molecule has 5 rings (SSSR count). The molecule has 194 valence electrons. The fraction of sp³-hybridized carbons (Fsp3) is 0.207. The molecule has 0 bridgehead atoms. The monoisotopic (exact) mass is 548 g/mol. The van der Waals surface area contributed by atoms with Crippen LogP contribution in [0.5, 0.6) is 11.5 Å². The summed E-state index contributed by atoms with van der Waals surface area (Å²) >= 11 is 7.29. The molecule has 3 aromatic carbocycles. The van der Waals surface area contributed by atoms with E-state index in [9.17, 15) is 14.7 Å². The molecule has 1 aliphatic heterocycles. The predicted octanol–water partition coefficient (Wildman–Crippen LogP) is 6.76. The number of aliphatic hydroxyl groups excluding tert-OH is 1. The molecule has 1 N–H and O–H groups in total. The molecule has 1 amide bonds. The van der Waals surface area contributed by atoms with Crippen molar-refractivity contribution >= 4 is 55.7 Å². The van der Waals surface area contributed by atoms with Crippen LogP contribution in [0.1, 0.15) is 36.9 Å². The molecule has 1 aromatic heterocycles. The Morgan fingerprint density at radius 2 is 1.76 bits per heavy atom. The largest absolute Gasteiger partial charge is 0.507 e. The third-order valence-electron chi connectivity index (χ3n) is 6.31. The van der Waals surface area contributed by atoms with Gasteiger partial charge in [0.05, 0.1) is 35.5 Å². The van der Waals surface area contributed by atoms with Gasteiger partial charge in [-0.05, 0) is 66.6 Å². The molecule has 1 saturated heterocycles. The highest BCUT2D eigenvalue weighted by atomic mass is 35.5. The van der Waals surface area contributed by atoms with Gasteiger partial charge in [-0.1, -0.05) is 48.4 Å². The number of ketones is 1. The van der Waals surface area contributed by atoms with Crippen molar-refractivity contribution < 1.29 is 24.2 Å². The number of aliphatic hydroxyl groups is 1. The number of carbonyl (C=O) groups is 2. The first-order valence-corrected chi connectivity index (χ1v) is 13.3. The number of carbonyl (C=O) groups excluding carboxylic acids is 2. The molecule has 1 atom stereocenters. The zero-order valence-corrected chi connectivity index (χ0v) is 22.4. The van der Waals surface area contributed by atoms with E-state index in [1.54, 1.807) is 67.8 Å². The van der Waals surface area contributed by atoms with Gasteiger partial charge in [0.25, 0.3) is 5.78 Å². The quantitative estimate of drug-likeness (QED) is 0.113. The van der Waals surface area contributed by atoms with Gasteiger partial charge in [-0.15, -0.1) is 0 Å². The minimum atomic E-state index is -0.891. The number of amides is 1. The van der Waals surface area contributed by atoms with Crippen LogP contribution in [0.25, 0.3) is 16.0 Å². The number of methoxy groups -OCH3 is 1. The Morgan fingerprint density at radius 3 is 2.45 bits per heavy atom. The van der Waals surface area contributed by atoms with Gasteiger partial charge in [0.15, 0.2) is 5.13 Å². The van der Waals surface area contributed by atoms with Gasteiger partial charge < -0.3 is 14.6 Å². The van der Waals surface area contributed by atoms with Gasteiger partial charge >= 0.3 is 5.91 Å². The van der Waals surface area contributed by atoms with Crippen molar-refractivity contribution in [3.8, 4) is 11.5 Å². The summed E-state index contributed by atoms with van der Waals surface area (Å²) < 4.78 is 11.9. The van der Waals surface area contributed by atoms with E-state index in [0.29, 0.717) is 44.9 Å². The van der Waals surface area contributed by atoms with Gasteiger partial charge in [0.2, 0.25) is 0 Å². The molecule has 0 saturated carbocycles. The van der Waals surface area contributed by atoms with Gasteiger partial charge in [-0.25, -0.2) is 4.98 Å². The fourth-order valence-corrected chi connectivity index (χ4v) is 5.46. The van der Waals surface area contributed by atoms with Crippen LogP contribution in [0, 0.1) is 0 Å². The standard InChI is InChI=1S/C29H25ClN2O5S/c1-3-4-15-37-20-11-7-17(8-12-20)25-24(26(33)18-5-9-19(30)10-6-18)27(34)28(35)32(25)29-31-22-14-13-21(36-2)16-23(22)38-29/h5-14,16,25,33H,3-4,15H2,1-2H3. The molecule has 7 nitrogen and oxygen atoms in total. The van der Waals surface area contributed by atoms with Gasteiger partial charge in [0, 0.05) is 10.6 Å². The average Bonchev–Trinajstić information content (AvgIpc) is 3.46. The number of fused-ring (bicyclic) bond motifs is 1. The van der Waals surface area contributed by atoms with E-state index >= 15 is 0 Å². The van der Waals surface area contributed by atoms with E-state index in [2.05, 4.69) is 11.9 Å². The molecule has 38 heavy (non-hydrogen) atoms. The minimum absolute atomic E-state index is 0.0196. The van der Waals surface area contributed by atoms with E-state index in [1.807, 2.05) is 6.07 Å². The van der Waals surface area contributed by atoms with Crippen molar-refractivity contribution in [2.45, 2.75) is 25.8 Å². The normalized spacial score (nSPS) is 16.8. The summed E-state index contributed by atoms with van der Waals surface area (Å²) in [5, 5.41) is 12.1. The van der Waals surface area contributed by atoms with Gasteiger partial charge in [0.1, 0.15) is 17.3 Å². The van der Waals surface area contributed by atoms with Crippen LogP contribution in [-0.4, -0.2) is 35.5 Å². The maximum absolute atomic E-state index is 13.5. The minimum Gasteiger partial charge on any atom is -0.507 e. The highest BCUT2D eigenvalue weighted by Gasteiger charge is 2.48. The lowest BCUT2D eigenvalue weighted by molar-refractivity contribution is -0.132. The van der Waals surface area contributed by atoms with Crippen molar-refractivity contribution in [2.75, 3.05) is 18.6 Å². The highest BCUT2D eigenvalue weighted by Crippen LogP contribution is 2.45. The number of nitrogens with zero attached hydrogens (tertiary/aromatic N) is 2. The van der Waals surface area contributed by atoms with E-state index in [-0.39, 0.29) is 11.3 Å². The smallest absolute Gasteiger partial charge is 0.301 e.